The van der Waals surface area contributed by atoms with Gasteiger partial charge in [0, 0.05) is 36.7 Å². The lowest BCUT2D eigenvalue weighted by Crippen LogP contribution is -2.49. The highest BCUT2D eigenvalue weighted by atomic mass is 79.9. The van der Waals surface area contributed by atoms with Gasteiger partial charge in [-0.3, -0.25) is 4.90 Å². The minimum atomic E-state index is 0.627. The van der Waals surface area contributed by atoms with Gasteiger partial charge >= 0.3 is 0 Å². The molecule has 0 saturated carbocycles. The Bertz CT molecular complexity index is 365. The molecule has 1 fully saturated rings. The number of piperazine rings is 1. The maximum absolute atomic E-state index is 3.65. The fraction of sp³-hybridized carbons (Fsp3) is 0.538. The maximum Gasteiger partial charge on any atom is 0.0248 e. The van der Waals surface area contributed by atoms with Gasteiger partial charge in [0.15, 0.2) is 0 Å². The average Bonchev–Trinajstić information content (AvgIpc) is 2.25. The summed E-state index contributed by atoms with van der Waals surface area (Å²) in [5, 5.41) is 3.42. The van der Waals surface area contributed by atoms with E-state index in [2.05, 4.69) is 58.2 Å². The highest BCUT2D eigenvalue weighted by Gasteiger charge is 2.18. The van der Waals surface area contributed by atoms with Crippen LogP contribution >= 0.6 is 15.9 Å². The Morgan fingerprint density at radius 1 is 1.50 bits per heavy atom. The standard InChI is InChI=1S/C13H19BrN2/c1-10-3-4-12(13(14)7-10)9-16-6-5-15-8-11(16)2/h3-4,7,11,15H,5-6,8-9H2,1-2H3/t11-/m1/s1. The van der Waals surface area contributed by atoms with Crippen LogP contribution in [-0.4, -0.2) is 30.6 Å². The van der Waals surface area contributed by atoms with Crippen molar-refractivity contribution >= 4 is 15.9 Å². The molecule has 1 aromatic rings. The van der Waals surface area contributed by atoms with Crippen molar-refractivity contribution in [3.8, 4) is 0 Å². The van der Waals surface area contributed by atoms with E-state index in [-0.39, 0.29) is 0 Å². The second-order valence-electron chi connectivity index (χ2n) is 4.62. The van der Waals surface area contributed by atoms with Crippen molar-refractivity contribution in [2.24, 2.45) is 0 Å². The van der Waals surface area contributed by atoms with Crippen LogP contribution in [0.25, 0.3) is 0 Å². The van der Waals surface area contributed by atoms with E-state index in [1.807, 2.05) is 0 Å². The highest BCUT2D eigenvalue weighted by Crippen LogP contribution is 2.21. The molecular formula is C13H19BrN2. The minimum absolute atomic E-state index is 0.627. The van der Waals surface area contributed by atoms with Gasteiger partial charge in [-0.1, -0.05) is 28.1 Å². The highest BCUT2D eigenvalue weighted by molar-refractivity contribution is 9.10. The third-order valence-corrected chi connectivity index (χ3v) is 3.96. The van der Waals surface area contributed by atoms with Crippen LogP contribution in [0.15, 0.2) is 22.7 Å². The Morgan fingerprint density at radius 2 is 2.31 bits per heavy atom. The van der Waals surface area contributed by atoms with Gasteiger partial charge in [-0.05, 0) is 31.0 Å². The quantitative estimate of drug-likeness (QED) is 0.897. The molecule has 1 heterocycles. The fourth-order valence-corrected chi connectivity index (χ4v) is 2.74. The van der Waals surface area contributed by atoms with E-state index in [1.165, 1.54) is 15.6 Å². The largest absolute Gasteiger partial charge is 0.314 e. The Labute approximate surface area is 106 Å². The van der Waals surface area contributed by atoms with Gasteiger partial charge in [0.1, 0.15) is 0 Å². The van der Waals surface area contributed by atoms with Crippen molar-refractivity contribution in [1.82, 2.24) is 10.2 Å². The molecule has 1 aliphatic heterocycles. The summed E-state index contributed by atoms with van der Waals surface area (Å²) in [5.41, 5.74) is 2.70. The number of hydrogen-bond acceptors (Lipinski definition) is 2. The summed E-state index contributed by atoms with van der Waals surface area (Å²) < 4.78 is 1.23. The molecule has 2 rings (SSSR count). The molecule has 0 radical (unpaired) electrons. The molecule has 1 aromatic carbocycles. The van der Waals surface area contributed by atoms with Crippen LogP contribution in [-0.2, 0) is 6.54 Å². The SMILES string of the molecule is Cc1ccc(CN2CCNC[C@H]2C)c(Br)c1. The van der Waals surface area contributed by atoms with Gasteiger partial charge < -0.3 is 5.32 Å². The minimum Gasteiger partial charge on any atom is -0.314 e. The predicted molar refractivity (Wildman–Crippen MR) is 71.6 cm³/mol. The smallest absolute Gasteiger partial charge is 0.0248 e. The Kier molecular flexibility index (Phi) is 4.00. The van der Waals surface area contributed by atoms with Crippen LogP contribution in [0, 0.1) is 6.92 Å². The van der Waals surface area contributed by atoms with E-state index in [1.54, 1.807) is 0 Å². The topological polar surface area (TPSA) is 15.3 Å². The number of nitrogens with zero attached hydrogens (tertiary/aromatic N) is 1. The van der Waals surface area contributed by atoms with E-state index in [0.717, 1.165) is 26.2 Å². The summed E-state index contributed by atoms with van der Waals surface area (Å²) in [6, 6.07) is 7.24. The lowest BCUT2D eigenvalue weighted by molar-refractivity contribution is 0.165. The molecule has 0 aromatic heterocycles. The van der Waals surface area contributed by atoms with Crippen molar-refractivity contribution < 1.29 is 0 Å². The van der Waals surface area contributed by atoms with Crippen LogP contribution in [0.1, 0.15) is 18.1 Å². The maximum atomic E-state index is 3.65. The number of aryl methyl sites for hydroxylation is 1. The molecule has 0 amide bonds. The number of halogens is 1. The molecule has 16 heavy (non-hydrogen) atoms. The van der Waals surface area contributed by atoms with Gasteiger partial charge in [-0.15, -0.1) is 0 Å². The van der Waals surface area contributed by atoms with Crippen LogP contribution in [0.3, 0.4) is 0 Å². The summed E-state index contributed by atoms with van der Waals surface area (Å²) in [7, 11) is 0. The molecular weight excluding hydrogens is 264 g/mol. The van der Waals surface area contributed by atoms with Crippen LogP contribution in [0.5, 0.6) is 0 Å². The van der Waals surface area contributed by atoms with E-state index in [4.69, 9.17) is 0 Å². The monoisotopic (exact) mass is 282 g/mol. The van der Waals surface area contributed by atoms with E-state index in [0.29, 0.717) is 6.04 Å². The van der Waals surface area contributed by atoms with E-state index in [9.17, 15) is 0 Å². The molecule has 1 aliphatic rings. The number of hydrogen-bond donors (Lipinski definition) is 1. The molecule has 88 valence electrons. The predicted octanol–water partition coefficient (Wildman–Crippen LogP) is 2.55. The van der Waals surface area contributed by atoms with E-state index >= 15 is 0 Å². The van der Waals surface area contributed by atoms with Crippen LogP contribution in [0.4, 0.5) is 0 Å². The molecule has 0 bridgehead atoms. The van der Waals surface area contributed by atoms with Crippen molar-refractivity contribution in [2.45, 2.75) is 26.4 Å². The number of rotatable bonds is 2. The molecule has 0 spiro atoms. The molecule has 3 heteroatoms. The van der Waals surface area contributed by atoms with Crippen LogP contribution in [0.2, 0.25) is 0 Å². The molecule has 2 nitrogen and oxygen atoms in total. The van der Waals surface area contributed by atoms with Crippen molar-refractivity contribution in [3.05, 3.63) is 33.8 Å². The molecule has 1 N–H and O–H groups in total. The third-order valence-electron chi connectivity index (χ3n) is 3.22. The lowest BCUT2D eigenvalue weighted by atomic mass is 10.1. The van der Waals surface area contributed by atoms with Gasteiger partial charge in [0.05, 0.1) is 0 Å². The Balaban J connectivity index is 2.07. The van der Waals surface area contributed by atoms with Gasteiger partial charge in [0.2, 0.25) is 0 Å². The van der Waals surface area contributed by atoms with Gasteiger partial charge in [-0.25, -0.2) is 0 Å². The summed E-state index contributed by atoms with van der Waals surface area (Å²) in [6.45, 7) is 8.80. The average molecular weight is 283 g/mol. The number of benzene rings is 1. The zero-order valence-corrected chi connectivity index (χ0v) is 11.5. The zero-order valence-electron chi connectivity index (χ0n) is 9.96. The third kappa shape index (κ3) is 2.84. The summed E-state index contributed by atoms with van der Waals surface area (Å²) >= 11 is 3.65. The molecule has 0 aliphatic carbocycles. The summed E-state index contributed by atoms with van der Waals surface area (Å²) in [6.07, 6.45) is 0. The number of nitrogens with one attached hydrogen (secondary N) is 1. The molecule has 0 unspecified atom stereocenters. The molecule has 1 saturated heterocycles. The van der Waals surface area contributed by atoms with Crippen molar-refractivity contribution in [1.29, 1.82) is 0 Å². The second kappa shape index (κ2) is 5.30. The second-order valence-corrected chi connectivity index (χ2v) is 5.47. The molecule has 1 atom stereocenters. The van der Waals surface area contributed by atoms with Gasteiger partial charge in [0.25, 0.3) is 0 Å². The first kappa shape index (κ1) is 12.1. The first-order valence-electron chi connectivity index (χ1n) is 5.86. The first-order chi connectivity index (χ1) is 7.66. The zero-order chi connectivity index (χ0) is 11.5. The first-order valence-corrected chi connectivity index (χ1v) is 6.66. The van der Waals surface area contributed by atoms with E-state index < -0.39 is 0 Å². The van der Waals surface area contributed by atoms with Gasteiger partial charge in [-0.2, -0.15) is 0 Å². The normalized spacial score (nSPS) is 22.3. The summed E-state index contributed by atoms with van der Waals surface area (Å²) in [4.78, 5) is 2.53. The fourth-order valence-electron chi connectivity index (χ4n) is 2.12. The lowest BCUT2D eigenvalue weighted by Gasteiger charge is -2.34. The van der Waals surface area contributed by atoms with Crippen molar-refractivity contribution in [2.75, 3.05) is 19.6 Å². The van der Waals surface area contributed by atoms with Crippen molar-refractivity contribution in [3.63, 3.8) is 0 Å². The van der Waals surface area contributed by atoms with Crippen LogP contribution < -0.4 is 5.32 Å². The summed E-state index contributed by atoms with van der Waals surface area (Å²) in [5.74, 6) is 0. The Hall–Kier alpha value is -0.380. The Morgan fingerprint density at radius 3 is 3.00 bits per heavy atom.